The molecule has 32 heavy (non-hydrogen) atoms. The number of carbonyl (C=O) groups excluding carboxylic acids is 2. The average molecular weight is 459 g/mol. The van der Waals surface area contributed by atoms with Crippen molar-refractivity contribution in [3.8, 4) is 23.7 Å². The molecule has 1 heterocycles. The molecule has 1 aliphatic rings. The number of ketones is 1. The second-order valence-corrected chi connectivity index (χ2v) is 14.3. The summed E-state index contributed by atoms with van der Waals surface area (Å²) in [5.41, 5.74) is 1.14. The summed E-state index contributed by atoms with van der Waals surface area (Å²) in [4.78, 5) is 24.8. The van der Waals surface area contributed by atoms with Crippen LogP contribution in [0.25, 0.3) is 0 Å². The lowest BCUT2D eigenvalue weighted by Crippen LogP contribution is -2.43. The lowest BCUT2D eigenvalue weighted by Gasteiger charge is -2.37. The van der Waals surface area contributed by atoms with Crippen molar-refractivity contribution in [3.05, 3.63) is 24.3 Å². The SMILES string of the molecule is C=C(CC#CC)C(=O)[C@H]1O[C@@H]1C(=C)C[C@@H](CO[Si](C)(C)C(C)(C)C)OC(=O)CCC#CC. The van der Waals surface area contributed by atoms with E-state index >= 15 is 0 Å². The Kier molecular flexibility index (Phi) is 10.6. The predicted octanol–water partition coefficient (Wildman–Crippen LogP) is 4.98. The van der Waals surface area contributed by atoms with E-state index in [1.165, 1.54) is 0 Å². The molecule has 176 valence electrons. The summed E-state index contributed by atoms with van der Waals surface area (Å²) in [7, 11) is -2.02. The van der Waals surface area contributed by atoms with Crippen molar-refractivity contribution < 1.29 is 23.5 Å². The maximum atomic E-state index is 12.5. The lowest BCUT2D eigenvalue weighted by atomic mass is 10.00. The number of hydrogen-bond acceptors (Lipinski definition) is 5. The first kappa shape index (κ1) is 27.9. The molecular formula is C26H38O5Si. The molecular weight excluding hydrogens is 420 g/mol. The van der Waals surface area contributed by atoms with Crippen LogP contribution in [0.4, 0.5) is 0 Å². The van der Waals surface area contributed by atoms with Gasteiger partial charge in [0.2, 0.25) is 0 Å². The number of carbonyl (C=O) groups is 2. The third-order valence-electron chi connectivity index (χ3n) is 5.83. The first-order chi connectivity index (χ1) is 14.8. The fourth-order valence-electron chi connectivity index (χ4n) is 2.70. The minimum absolute atomic E-state index is 0.0359. The predicted molar refractivity (Wildman–Crippen MR) is 130 cm³/mol. The van der Waals surface area contributed by atoms with Crippen molar-refractivity contribution in [2.24, 2.45) is 0 Å². The van der Waals surface area contributed by atoms with Crippen LogP contribution in [0.1, 0.15) is 60.3 Å². The smallest absolute Gasteiger partial charge is 0.307 e. The van der Waals surface area contributed by atoms with Gasteiger partial charge in [-0.05, 0) is 37.6 Å². The molecule has 0 aromatic heterocycles. The summed E-state index contributed by atoms with van der Waals surface area (Å²) in [6.07, 6.45) is -0.0845. The van der Waals surface area contributed by atoms with Crippen molar-refractivity contribution in [2.75, 3.05) is 6.61 Å². The van der Waals surface area contributed by atoms with E-state index in [0.717, 1.165) is 0 Å². The molecule has 0 aromatic carbocycles. The molecule has 0 saturated carbocycles. The maximum Gasteiger partial charge on any atom is 0.307 e. The molecule has 0 spiro atoms. The van der Waals surface area contributed by atoms with Crippen molar-refractivity contribution in [3.63, 3.8) is 0 Å². The van der Waals surface area contributed by atoms with E-state index in [9.17, 15) is 9.59 Å². The van der Waals surface area contributed by atoms with Crippen LogP contribution in [0, 0.1) is 23.7 Å². The van der Waals surface area contributed by atoms with Gasteiger partial charge in [-0.1, -0.05) is 39.8 Å². The molecule has 1 aliphatic heterocycles. The molecule has 0 N–H and O–H groups in total. The van der Waals surface area contributed by atoms with Crippen molar-refractivity contribution in [1.82, 2.24) is 0 Å². The highest BCUT2D eigenvalue weighted by Crippen LogP contribution is 2.37. The van der Waals surface area contributed by atoms with Crippen LogP contribution in [-0.2, 0) is 23.5 Å². The highest BCUT2D eigenvalue weighted by molar-refractivity contribution is 6.74. The van der Waals surface area contributed by atoms with E-state index in [2.05, 4.69) is 70.7 Å². The Morgan fingerprint density at radius 2 is 1.72 bits per heavy atom. The van der Waals surface area contributed by atoms with Gasteiger partial charge in [0, 0.05) is 24.8 Å². The molecule has 0 aliphatic carbocycles. The average Bonchev–Trinajstić information content (AvgIpc) is 3.50. The van der Waals surface area contributed by atoms with Gasteiger partial charge in [-0.15, -0.1) is 17.8 Å². The third-order valence-corrected chi connectivity index (χ3v) is 10.3. The maximum absolute atomic E-state index is 12.5. The molecule has 1 saturated heterocycles. The van der Waals surface area contributed by atoms with E-state index in [0.29, 0.717) is 30.4 Å². The minimum Gasteiger partial charge on any atom is -0.460 e. The normalized spacial score (nSPS) is 18.3. The largest absolute Gasteiger partial charge is 0.460 e. The third kappa shape index (κ3) is 8.79. The van der Waals surface area contributed by atoms with Crippen LogP contribution < -0.4 is 0 Å². The molecule has 5 nitrogen and oxygen atoms in total. The number of hydrogen-bond donors (Lipinski definition) is 0. The summed E-state index contributed by atoms with van der Waals surface area (Å²) in [5.74, 6) is 10.8. The van der Waals surface area contributed by atoms with E-state index in [1.807, 2.05) is 0 Å². The molecule has 6 heteroatoms. The highest BCUT2D eigenvalue weighted by atomic mass is 28.4. The van der Waals surface area contributed by atoms with Gasteiger partial charge < -0.3 is 13.9 Å². The zero-order valence-corrected chi connectivity index (χ0v) is 21.7. The Bertz CT molecular complexity index is 841. The number of epoxide rings is 1. The summed E-state index contributed by atoms with van der Waals surface area (Å²) in [5, 5.41) is 0.0359. The summed E-state index contributed by atoms with van der Waals surface area (Å²) in [6.45, 7) is 22.4. The number of Topliss-reactive ketones (excluding diaryl/α,β-unsaturated/α-hetero) is 1. The Labute approximate surface area is 195 Å². The van der Waals surface area contributed by atoms with E-state index in [4.69, 9.17) is 13.9 Å². The van der Waals surface area contributed by atoms with Crippen LogP contribution in [-0.4, -0.2) is 45.0 Å². The Morgan fingerprint density at radius 3 is 2.28 bits per heavy atom. The van der Waals surface area contributed by atoms with Gasteiger partial charge in [0.05, 0.1) is 13.0 Å². The molecule has 1 fully saturated rings. The fraction of sp³-hybridized carbons (Fsp3) is 0.615. The van der Waals surface area contributed by atoms with Crippen LogP contribution in [0.2, 0.25) is 18.1 Å². The number of ether oxygens (including phenoxy) is 2. The molecule has 3 atom stereocenters. The lowest BCUT2D eigenvalue weighted by molar-refractivity contribution is -0.150. The highest BCUT2D eigenvalue weighted by Gasteiger charge is 2.47. The molecule has 1 rings (SSSR count). The summed E-state index contributed by atoms with van der Waals surface area (Å²) in [6, 6.07) is 0. The standard InChI is InChI=1S/C26H38O5Si/c1-10-12-14-16-22(27)30-21(18-29-32(8,9)26(5,6)7)17-20(4)24-25(31-24)23(28)19(3)15-13-11-2/h21,24-25H,3-4,14-18H2,1-2,5-9H3/t21-,24+,25+/m0/s1. The first-order valence-electron chi connectivity index (χ1n) is 11.0. The van der Waals surface area contributed by atoms with Crippen LogP contribution in [0.5, 0.6) is 0 Å². The van der Waals surface area contributed by atoms with Gasteiger partial charge >= 0.3 is 5.97 Å². The van der Waals surface area contributed by atoms with Crippen molar-refractivity contribution in [2.45, 2.75) is 96.7 Å². The number of rotatable bonds is 12. The molecule has 0 amide bonds. The first-order valence-corrected chi connectivity index (χ1v) is 13.9. The van der Waals surface area contributed by atoms with Gasteiger partial charge in [-0.2, -0.15) is 0 Å². The Hall–Kier alpha value is -2.12. The van der Waals surface area contributed by atoms with Gasteiger partial charge in [-0.3, -0.25) is 9.59 Å². The zero-order chi connectivity index (χ0) is 24.5. The Balaban J connectivity index is 2.77. The van der Waals surface area contributed by atoms with Gasteiger partial charge in [-0.25, -0.2) is 0 Å². The second kappa shape index (κ2) is 12.2. The molecule has 0 radical (unpaired) electrons. The van der Waals surface area contributed by atoms with Crippen molar-refractivity contribution in [1.29, 1.82) is 0 Å². The quantitative estimate of drug-likeness (QED) is 0.103. The van der Waals surface area contributed by atoms with E-state index < -0.39 is 26.6 Å². The molecule has 0 unspecified atom stereocenters. The monoisotopic (exact) mass is 458 g/mol. The number of esters is 1. The van der Waals surface area contributed by atoms with E-state index in [-0.39, 0.29) is 29.8 Å². The topological polar surface area (TPSA) is 65.1 Å². The fourth-order valence-corrected chi connectivity index (χ4v) is 3.74. The summed E-state index contributed by atoms with van der Waals surface area (Å²) >= 11 is 0. The van der Waals surface area contributed by atoms with Gasteiger partial charge in [0.15, 0.2) is 20.2 Å². The van der Waals surface area contributed by atoms with Crippen LogP contribution >= 0.6 is 0 Å². The molecule has 0 aromatic rings. The van der Waals surface area contributed by atoms with Gasteiger partial charge in [0.1, 0.15) is 12.2 Å². The van der Waals surface area contributed by atoms with Crippen molar-refractivity contribution >= 4 is 20.1 Å². The second-order valence-electron chi connectivity index (χ2n) is 9.52. The summed E-state index contributed by atoms with van der Waals surface area (Å²) < 4.78 is 17.6. The Morgan fingerprint density at radius 1 is 1.09 bits per heavy atom. The van der Waals surface area contributed by atoms with E-state index in [1.54, 1.807) is 13.8 Å². The van der Waals surface area contributed by atoms with Gasteiger partial charge in [0.25, 0.3) is 0 Å². The minimum atomic E-state index is -2.02. The zero-order valence-electron chi connectivity index (χ0n) is 20.7. The van der Waals surface area contributed by atoms with Crippen LogP contribution in [0.3, 0.4) is 0 Å². The van der Waals surface area contributed by atoms with Crippen LogP contribution in [0.15, 0.2) is 24.3 Å². The molecule has 0 bridgehead atoms.